The zero-order chi connectivity index (χ0) is 22.7. The Morgan fingerprint density at radius 1 is 1.06 bits per heavy atom. The first-order valence-corrected chi connectivity index (χ1v) is 12.1. The van der Waals surface area contributed by atoms with E-state index in [-0.39, 0.29) is 12.2 Å². The molecule has 7 heteroatoms. The van der Waals surface area contributed by atoms with E-state index < -0.39 is 11.8 Å². The second-order valence-electron chi connectivity index (χ2n) is 6.91. The van der Waals surface area contributed by atoms with E-state index in [4.69, 9.17) is 16.3 Å². The number of carbonyl (C=O) groups is 1. The van der Waals surface area contributed by atoms with Crippen molar-refractivity contribution in [1.82, 2.24) is 0 Å². The highest BCUT2D eigenvalue weighted by atomic mass is 35.5. The Morgan fingerprint density at radius 2 is 1.84 bits per heavy atom. The number of carboxylic acids is 1. The standard InChI is InChI=1S/C25H18ClFO3S2/c1-31-19-8-9-23(30-14-17-6-7-18(27)12-22(17)26)21(13-19)20-10-11-32-24(20)15-2-4-16(5-3-15)25(28)29/h2-13H,14H2,1H3,(H,28,29)/p-1. The number of benzene rings is 3. The summed E-state index contributed by atoms with van der Waals surface area (Å²) in [5, 5.41) is 13.4. The van der Waals surface area contributed by atoms with E-state index >= 15 is 0 Å². The van der Waals surface area contributed by atoms with Gasteiger partial charge in [-0.25, -0.2) is 4.39 Å². The molecule has 0 saturated heterocycles. The Balaban J connectivity index is 1.70. The van der Waals surface area contributed by atoms with E-state index in [0.717, 1.165) is 26.5 Å². The molecular weight excluding hydrogens is 467 g/mol. The van der Waals surface area contributed by atoms with E-state index in [0.29, 0.717) is 16.3 Å². The van der Waals surface area contributed by atoms with Crippen LogP contribution in [0.15, 0.2) is 77.0 Å². The van der Waals surface area contributed by atoms with Crippen LogP contribution in [0.4, 0.5) is 4.39 Å². The molecule has 1 aromatic heterocycles. The van der Waals surface area contributed by atoms with Gasteiger partial charge in [0.1, 0.15) is 18.2 Å². The van der Waals surface area contributed by atoms with Crippen LogP contribution in [0.2, 0.25) is 5.02 Å². The van der Waals surface area contributed by atoms with Crippen LogP contribution in [0.5, 0.6) is 5.75 Å². The summed E-state index contributed by atoms with van der Waals surface area (Å²) in [6.45, 7) is 0.199. The lowest BCUT2D eigenvalue weighted by Gasteiger charge is -2.15. The number of thiophene rings is 1. The maximum absolute atomic E-state index is 13.4. The minimum atomic E-state index is -1.20. The fourth-order valence-electron chi connectivity index (χ4n) is 3.27. The number of aromatic carboxylic acids is 1. The van der Waals surface area contributed by atoms with E-state index in [1.54, 1.807) is 53.4 Å². The lowest BCUT2D eigenvalue weighted by molar-refractivity contribution is -0.255. The molecule has 0 aliphatic rings. The van der Waals surface area contributed by atoms with Crippen LogP contribution >= 0.6 is 34.7 Å². The molecule has 162 valence electrons. The van der Waals surface area contributed by atoms with Gasteiger partial charge in [-0.05, 0) is 59.2 Å². The normalized spacial score (nSPS) is 10.8. The predicted molar refractivity (Wildman–Crippen MR) is 127 cm³/mol. The van der Waals surface area contributed by atoms with E-state index in [2.05, 4.69) is 6.07 Å². The molecule has 0 radical (unpaired) electrons. The Morgan fingerprint density at radius 3 is 2.53 bits per heavy atom. The third-order valence-corrected chi connectivity index (χ3v) is 6.96. The molecule has 0 amide bonds. The first kappa shape index (κ1) is 22.4. The second kappa shape index (κ2) is 9.77. The van der Waals surface area contributed by atoms with Crippen LogP contribution in [0, 0.1) is 5.82 Å². The summed E-state index contributed by atoms with van der Waals surface area (Å²) >= 11 is 9.35. The SMILES string of the molecule is CSc1ccc(OCc2ccc(F)cc2Cl)c(-c2ccsc2-c2ccc(C(=O)[O-])cc2)c1. The van der Waals surface area contributed by atoms with Crippen LogP contribution < -0.4 is 9.84 Å². The Labute approximate surface area is 198 Å². The minimum Gasteiger partial charge on any atom is -0.545 e. The van der Waals surface area contributed by atoms with Gasteiger partial charge in [-0.15, -0.1) is 23.1 Å². The van der Waals surface area contributed by atoms with Crippen molar-refractivity contribution < 1.29 is 19.0 Å². The largest absolute Gasteiger partial charge is 0.545 e. The molecule has 1 heterocycles. The highest BCUT2D eigenvalue weighted by molar-refractivity contribution is 7.98. The summed E-state index contributed by atoms with van der Waals surface area (Å²) < 4.78 is 19.5. The number of thioether (sulfide) groups is 1. The molecule has 4 rings (SSSR count). The topological polar surface area (TPSA) is 49.4 Å². The number of hydrogen-bond acceptors (Lipinski definition) is 5. The van der Waals surface area contributed by atoms with Crippen molar-refractivity contribution in [3.05, 3.63) is 94.1 Å². The van der Waals surface area contributed by atoms with E-state index in [1.807, 2.05) is 29.8 Å². The quantitative estimate of drug-likeness (QED) is 0.280. The van der Waals surface area contributed by atoms with Gasteiger partial charge in [0.05, 0.1) is 11.0 Å². The van der Waals surface area contributed by atoms with Crippen molar-refractivity contribution in [2.45, 2.75) is 11.5 Å². The molecule has 0 unspecified atom stereocenters. The summed E-state index contributed by atoms with van der Waals surface area (Å²) in [6, 6.07) is 18.9. The average molecular weight is 484 g/mol. The van der Waals surface area contributed by atoms with Crippen LogP contribution in [0.25, 0.3) is 21.6 Å². The van der Waals surface area contributed by atoms with Crippen molar-refractivity contribution in [3.63, 3.8) is 0 Å². The summed E-state index contributed by atoms with van der Waals surface area (Å²) in [5.74, 6) is -0.920. The molecule has 3 nitrogen and oxygen atoms in total. The van der Waals surface area contributed by atoms with Crippen LogP contribution in [-0.4, -0.2) is 12.2 Å². The predicted octanol–water partition coefficient (Wildman–Crippen LogP) is 6.54. The molecule has 0 N–H and O–H groups in total. The zero-order valence-corrected chi connectivity index (χ0v) is 19.3. The van der Waals surface area contributed by atoms with Crippen molar-refractivity contribution in [1.29, 1.82) is 0 Å². The fourth-order valence-corrected chi connectivity index (χ4v) is 4.85. The van der Waals surface area contributed by atoms with Crippen molar-refractivity contribution in [2.24, 2.45) is 0 Å². The smallest absolute Gasteiger partial charge is 0.127 e. The van der Waals surface area contributed by atoms with Gasteiger partial charge in [-0.1, -0.05) is 41.9 Å². The number of carbonyl (C=O) groups excluding carboxylic acids is 1. The average Bonchev–Trinajstić information content (AvgIpc) is 3.28. The maximum atomic E-state index is 13.4. The van der Waals surface area contributed by atoms with Gasteiger partial charge < -0.3 is 14.6 Å². The Bertz CT molecular complexity index is 1270. The molecule has 0 spiro atoms. The van der Waals surface area contributed by atoms with Crippen LogP contribution in [0.1, 0.15) is 15.9 Å². The van der Waals surface area contributed by atoms with Crippen LogP contribution in [0.3, 0.4) is 0 Å². The maximum Gasteiger partial charge on any atom is 0.127 e. The monoisotopic (exact) mass is 483 g/mol. The third-order valence-electron chi connectivity index (χ3n) is 4.92. The highest BCUT2D eigenvalue weighted by Gasteiger charge is 2.15. The third kappa shape index (κ3) is 4.83. The molecule has 0 aliphatic carbocycles. The summed E-state index contributed by atoms with van der Waals surface area (Å²) in [4.78, 5) is 13.2. The second-order valence-corrected chi connectivity index (χ2v) is 9.12. The molecule has 0 bridgehead atoms. The molecule has 4 aromatic rings. The van der Waals surface area contributed by atoms with Gasteiger partial charge in [0, 0.05) is 26.5 Å². The lowest BCUT2D eigenvalue weighted by Crippen LogP contribution is -2.21. The van der Waals surface area contributed by atoms with Gasteiger partial charge in [0.25, 0.3) is 0 Å². The van der Waals surface area contributed by atoms with Gasteiger partial charge in [-0.2, -0.15) is 0 Å². The van der Waals surface area contributed by atoms with Crippen molar-refractivity contribution in [2.75, 3.05) is 6.26 Å². The van der Waals surface area contributed by atoms with Crippen molar-refractivity contribution in [3.8, 4) is 27.3 Å². The molecule has 0 saturated carbocycles. The van der Waals surface area contributed by atoms with Gasteiger partial charge >= 0.3 is 0 Å². The molecular formula is C25H17ClFO3S2-. The number of rotatable bonds is 7. The van der Waals surface area contributed by atoms with E-state index in [9.17, 15) is 14.3 Å². The first-order chi connectivity index (χ1) is 15.5. The van der Waals surface area contributed by atoms with E-state index in [1.165, 1.54) is 12.1 Å². The minimum absolute atomic E-state index is 0.136. The van der Waals surface area contributed by atoms with Crippen LogP contribution in [-0.2, 0) is 6.61 Å². The fraction of sp³-hybridized carbons (Fsp3) is 0.0800. The molecule has 0 atom stereocenters. The van der Waals surface area contributed by atoms with Gasteiger partial charge in [0.2, 0.25) is 0 Å². The highest BCUT2D eigenvalue weighted by Crippen LogP contribution is 2.42. The molecule has 0 fully saturated rings. The van der Waals surface area contributed by atoms with Gasteiger partial charge in [-0.3, -0.25) is 0 Å². The zero-order valence-electron chi connectivity index (χ0n) is 16.9. The van der Waals surface area contributed by atoms with Gasteiger partial charge in [0.15, 0.2) is 0 Å². The number of hydrogen-bond donors (Lipinski definition) is 0. The summed E-state index contributed by atoms with van der Waals surface area (Å²) in [6.07, 6.45) is 2.01. The Kier molecular flexibility index (Phi) is 6.84. The molecule has 32 heavy (non-hydrogen) atoms. The molecule has 3 aromatic carbocycles. The number of carboxylic acid groups (broad SMARTS) is 1. The first-order valence-electron chi connectivity index (χ1n) is 9.60. The summed E-state index contributed by atoms with van der Waals surface area (Å²) in [7, 11) is 0. The number of halogens is 2. The Hall–Kier alpha value is -2.80. The van der Waals surface area contributed by atoms with Crippen molar-refractivity contribution >= 4 is 40.7 Å². The lowest BCUT2D eigenvalue weighted by atomic mass is 10.0. The molecule has 0 aliphatic heterocycles. The number of ether oxygens (including phenoxy) is 1. The summed E-state index contributed by atoms with van der Waals surface area (Å²) in [5.41, 5.74) is 3.62.